The molecule has 4 N–H and O–H groups in total. The van der Waals surface area contributed by atoms with Crippen LogP contribution in [0.5, 0.6) is 0 Å². The predicted molar refractivity (Wildman–Crippen MR) is 85.6 cm³/mol. The van der Waals surface area contributed by atoms with E-state index in [1.807, 2.05) is 30.3 Å². The van der Waals surface area contributed by atoms with Gasteiger partial charge in [-0.05, 0) is 23.3 Å². The zero-order valence-electron chi connectivity index (χ0n) is 12.4. The van der Waals surface area contributed by atoms with Gasteiger partial charge in [0.05, 0.1) is 12.5 Å². The summed E-state index contributed by atoms with van der Waals surface area (Å²) in [6, 6.07) is 15.2. The Hall–Kier alpha value is -3.02. The van der Waals surface area contributed by atoms with Crippen molar-refractivity contribution in [3.8, 4) is 0 Å². The number of alkyl carbamates (subject to hydrolysis) is 1. The number of carbonyl (C=O) groups excluding carboxylic acids is 1. The molecule has 6 heteroatoms. The largest absolute Gasteiger partial charge is 0.481 e. The standard InChI is InChI=1S/C17H18N2O4/c18-14-8-4-7-13(9-14)15(10-16(20)21)19-17(22)23-11-12-5-2-1-3-6-12/h1-9,15H,10-11,18H2,(H,19,22)(H,20,21). The van der Waals surface area contributed by atoms with E-state index < -0.39 is 18.1 Å². The van der Waals surface area contributed by atoms with E-state index in [9.17, 15) is 9.59 Å². The lowest BCUT2D eigenvalue weighted by atomic mass is 10.0. The van der Waals surface area contributed by atoms with Gasteiger partial charge in [-0.25, -0.2) is 4.79 Å². The summed E-state index contributed by atoms with van der Waals surface area (Å²) in [7, 11) is 0. The summed E-state index contributed by atoms with van der Waals surface area (Å²) in [5, 5.41) is 11.6. The monoisotopic (exact) mass is 314 g/mol. The van der Waals surface area contributed by atoms with E-state index in [2.05, 4.69) is 5.32 Å². The number of amides is 1. The zero-order chi connectivity index (χ0) is 16.7. The second-order valence-electron chi connectivity index (χ2n) is 5.03. The third-order valence-electron chi connectivity index (χ3n) is 3.20. The quantitative estimate of drug-likeness (QED) is 0.712. The topological polar surface area (TPSA) is 102 Å². The zero-order valence-corrected chi connectivity index (χ0v) is 12.4. The summed E-state index contributed by atoms with van der Waals surface area (Å²) >= 11 is 0. The number of nitrogen functional groups attached to an aromatic ring is 1. The fourth-order valence-corrected chi connectivity index (χ4v) is 2.11. The number of rotatable bonds is 6. The van der Waals surface area contributed by atoms with Crippen LogP contribution in [0.3, 0.4) is 0 Å². The van der Waals surface area contributed by atoms with Crippen LogP contribution < -0.4 is 11.1 Å². The molecule has 0 aliphatic rings. The Morgan fingerprint density at radius 2 is 1.87 bits per heavy atom. The van der Waals surface area contributed by atoms with E-state index in [4.69, 9.17) is 15.6 Å². The summed E-state index contributed by atoms with van der Waals surface area (Å²) in [6.07, 6.45) is -0.938. The maximum atomic E-state index is 11.9. The Morgan fingerprint density at radius 1 is 1.13 bits per heavy atom. The maximum Gasteiger partial charge on any atom is 0.407 e. The summed E-state index contributed by atoms with van der Waals surface area (Å²) in [6.45, 7) is 0.114. The van der Waals surface area contributed by atoms with Crippen molar-refractivity contribution < 1.29 is 19.4 Å². The third kappa shape index (κ3) is 5.35. The van der Waals surface area contributed by atoms with Crippen LogP contribution in [0.1, 0.15) is 23.6 Å². The summed E-state index contributed by atoms with van der Waals surface area (Å²) < 4.78 is 5.12. The number of nitrogens with two attached hydrogens (primary N) is 1. The Labute approximate surface area is 133 Å². The van der Waals surface area contributed by atoms with E-state index >= 15 is 0 Å². The lowest BCUT2D eigenvalue weighted by Crippen LogP contribution is -2.30. The summed E-state index contributed by atoms with van der Waals surface area (Å²) in [4.78, 5) is 22.9. The molecular formula is C17H18N2O4. The SMILES string of the molecule is Nc1cccc(C(CC(=O)O)NC(=O)OCc2ccccc2)c1. The predicted octanol–water partition coefficient (Wildman–Crippen LogP) is 2.71. The molecular weight excluding hydrogens is 296 g/mol. The molecule has 0 radical (unpaired) electrons. The number of carboxylic acid groups (broad SMARTS) is 1. The molecule has 0 saturated carbocycles. The Bertz CT molecular complexity index is 673. The van der Waals surface area contributed by atoms with Crippen molar-refractivity contribution in [2.45, 2.75) is 19.1 Å². The average molecular weight is 314 g/mol. The van der Waals surface area contributed by atoms with E-state index in [0.29, 0.717) is 11.3 Å². The van der Waals surface area contributed by atoms with E-state index in [-0.39, 0.29) is 13.0 Å². The first-order valence-electron chi connectivity index (χ1n) is 7.09. The van der Waals surface area contributed by atoms with E-state index in [1.54, 1.807) is 24.3 Å². The van der Waals surface area contributed by atoms with E-state index in [0.717, 1.165) is 5.56 Å². The van der Waals surface area contributed by atoms with Crippen molar-refractivity contribution in [2.24, 2.45) is 0 Å². The lowest BCUT2D eigenvalue weighted by molar-refractivity contribution is -0.137. The number of benzene rings is 2. The number of aliphatic carboxylic acids is 1. The van der Waals surface area contributed by atoms with E-state index in [1.165, 1.54) is 0 Å². The van der Waals surface area contributed by atoms with Crippen molar-refractivity contribution >= 4 is 17.7 Å². The highest BCUT2D eigenvalue weighted by atomic mass is 16.5. The molecule has 0 saturated heterocycles. The highest BCUT2D eigenvalue weighted by Gasteiger charge is 2.19. The van der Waals surface area contributed by atoms with Crippen LogP contribution in [0.15, 0.2) is 54.6 Å². The molecule has 0 spiro atoms. The van der Waals surface area contributed by atoms with Gasteiger partial charge in [0.2, 0.25) is 0 Å². The molecule has 0 heterocycles. The van der Waals surface area contributed by atoms with Crippen molar-refractivity contribution in [1.29, 1.82) is 0 Å². The second kappa shape index (κ2) is 7.84. The Morgan fingerprint density at radius 3 is 2.52 bits per heavy atom. The minimum Gasteiger partial charge on any atom is -0.481 e. The first-order valence-corrected chi connectivity index (χ1v) is 7.09. The summed E-state index contributed by atoms with van der Waals surface area (Å²) in [5.74, 6) is -1.03. The van der Waals surface area contributed by atoms with Gasteiger partial charge in [-0.15, -0.1) is 0 Å². The Balaban J connectivity index is 1.99. The van der Waals surface area contributed by atoms with Crippen LogP contribution in [0.2, 0.25) is 0 Å². The van der Waals surface area contributed by atoms with Gasteiger partial charge in [-0.3, -0.25) is 4.79 Å². The van der Waals surface area contributed by atoms with Crippen LogP contribution in [0, 0.1) is 0 Å². The maximum absolute atomic E-state index is 11.9. The molecule has 1 unspecified atom stereocenters. The number of hydrogen-bond donors (Lipinski definition) is 3. The van der Waals surface area contributed by atoms with Gasteiger partial charge in [0.15, 0.2) is 0 Å². The smallest absolute Gasteiger partial charge is 0.407 e. The second-order valence-corrected chi connectivity index (χ2v) is 5.03. The van der Waals surface area contributed by atoms with Gasteiger partial charge in [-0.1, -0.05) is 42.5 Å². The van der Waals surface area contributed by atoms with Crippen molar-refractivity contribution in [2.75, 3.05) is 5.73 Å². The number of anilines is 1. The van der Waals surface area contributed by atoms with Crippen LogP contribution in [0.4, 0.5) is 10.5 Å². The number of carboxylic acids is 1. The summed E-state index contributed by atoms with van der Waals surface area (Å²) in [5.41, 5.74) is 7.66. The normalized spacial score (nSPS) is 11.5. The molecule has 0 fully saturated rings. The average Bonchev–Trinajstić information content (AvgIpc) is 2.53. The molecule has 120 valence electrons. The fraction of sp³-hybridized carbons (Fsp3) is 0.176. The minimum atomic E-state index is -1.03. The number of hydrogen-bond acceptors (Lipinski definition) is 4. The Kier molecular flexibility index (Phi) is 5.57. The molecule has 2 aromatic carbocycles. The molecule has 0 bridgehead atoms. The van der Waals surface area contributed by atoms with Gasteiger partial charge < -0.3 is 20.9 Å². The molecule has 0 aromatic heterocycles. The van der Waals surface area contributed by atoms with Crippen molar-refractivity contribution in [3.63, 3.8) is 0 Å². The van der Waals surface area contributed by atoms with Gasteiger partial charge in [0.25, 0.3) is 0 Å². The highest BCUT2D eigenvalue weighted by molar-refractivity contribution is 5.72. The van der Waals surface area contributed by atoms with Gasteiger partial charge >= 0.3 is 12.1 Å². The molecule has 1 atom stereocenters. The van der Waals surface area contributed by atoms with Gasteiger partial charge in [-0.2, -0.15) is 0 Å². The lowest BCUT2D eigenvalue weighted by Gasteiger charge is -2.17. The number of ether oxygens (including phenoxy) is 1. The van der Waals surface area contributed by atoms with Gasteiger partial charge in [0.1, 0.15) is 6.61 Å². The molecule has 23 heavy (non-hydrogen) atoms. The first kappa shape index (κ1) is 16.4. The number of nitrogens with one attached hydrogen (secondary N) is 1. The molecule has 6 nitrogen and oxygen atoms in total. The highest BCUT2D eigenvalue weighted by Crippen LogP contribution is 2.19. The van der Waals surface area contributed by atoms with Crippen LogP contribution in [-0.2, 0) is 16.1 Å². The molecule has 2 aromatic rings. The van der Waals surface area contributed by atoms with Crippen LogP contribution in [-0.4, -0.2) is 17.2 Å². The molecule has 0 aliphatic heterocycles. The number of carbonyl (C=O) groups is 2. The first-order chi connectivity index (χ1) is 11.0. The van der Waals surface area contributed by atoms with Gasteiger partial charge in [0, 0.05) is 5.69 Å². The van der Waals surface area contributed by atoms with Crippen LogP contribution in [0.25, 0.3) is 0 Å². The third-order valence-corrected chi connectivity index (χ3v) is 3.20. The van der Waals surface area contributed by atoms with Crippen molar-refractivity contribution in [3.05, 3.63) is 65.7 Å². The molecule has 1 amide bonds. The molecule has 0 aliphatic carbocycles. The minimum absolute atomic E-state index is 0.114. The molecule has 2 rings (SSSR count). The van der Waals surface area contributed by atoms with Crippen molar-refractivity contribution in [1.82, 2.24) is 5.32 Å². The fourth-order valence-electron chi connectivity index (χ4n) is 2.11. The van der Waals surface area contributed by atoms with Crippen LogP contribution >= 0.6 is 0 Å².